The molecule has 0 saturated heterocycles. The third-order valence-electron chi connectivity index (χ3n) is 1.47. The van der Waals surface area contributed by atoms with Gasteiger partial charge in [-0.05, 0) is 0 Å². The second-order valence-electron chi connectivity index (χ2n) is 2.34. The molecule has 13 heavy (non-hydrogen) atoms. The average molecular weight is 234 g/mol. The van der Waals surface area contributed by atoms with E-state index in [9.17, 15) is 4.79 Å². The smallest absolute Gasteiger partial charge is 0.369 e. The Bertz CT molecular complexity index is 283. The number of rotatable bonds is 2. The summed E-state index contributed by atoms with van der Waals surface area (Å²) in [6, 6.07) is 7.36. The van der Waals surface area contributed by atoms with Crippen molar-refractivity contribution in [2.75, 3.05) is 0 Å². The van der Waals surface area contributed by atoms with Gasteiger partial charge in [-0.2, -0.15) is 0 Å². The van der Waals surface area contributed by atoms with Crippen LogP contribution >= 0.6 is 0 Å². The van der Waals surface area contributed by atoms with Crippen LogP contribution in [0.4, 0.5) is 0 Å². The minimum absolute atomic E-state index is 0. The molecule has 0 fully saturated rings. The monoisotopic (exact) mass is 232 g/mol. The number of hydrogen-bond acceptors (Lipinski definition) is 3. The van der Waals surface area contributed by atoms with Crippen LogP contribution in [-0.4, -0.2) is 21.3 Å². The summed E-state index contributed by atoms with van der Waals surface area (Å²) >= 11 is 0. The molecule has 0 heterocycles. The largest absolute Gasteiger partial charge is 0.477 e. The van der Waals surface area contributed by atoms with E-state index in [4.69, 9.17) is 15.3 Å². The Labute approximate surface area is 87.6 Å². The van der Waals surface area contributed by atoms with Crippen molar-refractivity contribution >= 4 is 5.97 Å². The van der Waals surface area contributed by atoms with Gasteiger partial charge in [0.2, 0.25) is 0 Å². The summed E-state index contributed by atoms with van der Waals surface area (Å²) in [4.78, 5) is 10.3. The Morgan fingerprint density at radius 3 is 2.00 bits per heavy atom. The standard InChI is InChI=1S/C8H8O4.Zn/c9-7(10)8(11,12)6-4-2-1-3-5-6;/h1-5,11-12H,(H,9,10);. The maximum Gasteiger partial charge on any atom is 0.369 e. The van der Waals surface area contributed by atoms with Crippen LogP contribution in [0.15, 0.2) is 30.3 Å². The van der Waals surface area contributed by atoms with Crippen molar-refractivity contribution in [2.45, 2.75) is 5.79 Å². The average Bonchev–Trinajstić information content (AvgIpc) is 2.06. The predicted octanol–water partition coefficient (Wildman–Crippen LogP) is -0.0939. The molecule has 0 aromatic heterocycles. The third kappa shape index (κ3) is 2.59. The van der Waals surface area contributed by atoms with Gasteiger partial charge in [0.25, 0.3) is 5.79 Å². The number of benzene rings is 1. The van der Waals surface area contributed by atoms with E-state index in [-0.39, 0.29) is 25.0 Å². The molecule has 1 aromatic rings. The molecule has 0 bridgehead atoms. The first-order chi connectivity index (χ1) is 5.55. The molecule has 0 unspecified atom stereocenters. The molecule has 5 heteroatoms. The summed E-state index contributed by atoms with van der Waals surface area (Å²) in [7, 11) is 0. The summed E-state index contributed by atoms with van der Waals surface area (Å²) < 4.78 is 0. The molecule has 1 aromatic carbocycles. The van der Waals surface area contributed by atoms with Gasteiger partial charge < -0.3 is 15.3 Å². The van der Waals surface area contributed by atoms with Crippen LogP contribution in [-0.2, 0) is 30.1 Å². The van der Waals surface area contributed by atoms with Crippen molar-refractivity contribution in [3.05, 3.63) is 35.9 Å². The van der Waals surface area contributed by atoms with Gasteiger partial charge in [-0.15, -0.1) is 0 Å². The van der Waals surface area contributed by atoms with E-state index in [1.54, 1.807) is 6.07 Å². The first-order valence-corrected chi connectivity index (χ1v) is 3.29. The molecule has 4 nitrogen and oxygen atoms in total. The first kappa shape index (κ1) is 12.2. The van der Waals surface area contributed by atoms with E-state index >= 15 is 0 Å². The molecule has 0 aliphatic carbocycles. The Hall–Kier alpha value is -0.767. The number of carboxylic acid groups (broad SMARTS) is 1. The summed E-state index contributed by atoms with van der Waals surface area (Å²) in [5, 5.41) is 26.4. The van der Waals surface area contributed by atoms with Crippen molar-refractivity contribution < 1.29 is 39.6 Å². The fourth-order valence-corrected chi connectivity index (χ4v) is 0.794. The molecule has 0 atom stereocenters. The Kier molecular flexibility index (Phi) is 4.20. The van der Waals surface area contributed by atoms with Gasteiger partial charge in [0.05, 0.1) is 0 Å². The van der Waals surface area contributed by atoms with Crippen LogP contribution in [0, 0.1) is 0 Å². The number of aliphatic hydroxyl groups is 2. The van der Waals surface area contributed by atoms with Crippen LogP contribution < -0.4 is 0 Å². The van der Waals surface area contributed by atoms with Crippen LogP contribution in [0.1, 0.15) is 5.56 Å². The number of carboxylic acids is 1. The maximum atomic E-state index is 10.3. The van der Waals surface area contributed by atoms with Crippen molar-refractivity contribution in [2.24, 2.45) is 0 Å². The van der Waals surface area contributed by atoms with E-state index in [0.717, 1.165) is 0 Å². The first-order valence-electron chi connectivity index (χ1n) is 3.29. The van der Waals surface area contributed by atoms with Gasteiger partial charge >= 0.3 is 5.97 Å². The fourth-order valence-electron chi connectivity index (χ4n) is 0.794. The molecule has 0 saturated carbocycles. The number of hydrogen-bond donors (Lipinski definition) is 3. The molecule has 3 N–H and O–H groups in total. The van der Waals surface area contributed by atoms with E-state index < -0.39 is 11.8 Å². The second-order valence-corrected chi connectivity index (χ2v) is 2.34. The summed E-state index contributed by atoms with van der Waals surface area (Å²) in [6.45, 7) is 0. The Balaban J connectivity index is 0.00000144. The van der Waals surface area contributed by atoms with Crippen molar-refractivity contribution in [1.82, 2.24) is 0 Å². The van der Waals surface area contributed by atoms with Gasteiger partial charge in [0.1, 0.15) is 0 Å². The van der Waals surface area contributed by atoms with Gasteiger partial charge in [-0.3, -0.25) is 0 Å². The maximum absolute atomic E-state index is 10.3. The molecule has 0 aliphatic rings. The zero-order valence-electron chi connectivity index (χ0n) is 6.84. The number of aliphatic carboxylic acids is 1. The summed E-state index contributed by atoms with van der Waals surface area (Å²) in [5.74, 6) is -4.48. The van der Waals surface area contributed by atoms with Crippen molar-refractivity contribution in [1.29, 1.82) is 0 Å². The Morgan fingerprint density at radius 2 is 1.62 bits per heavy atom. The number of carbonyl (C=O) groups is 1. The molecule has 0 amide bonds. The molecule has 66 valence electrons. The minimum Gasteiger partial charge on any atom is -0.477 e. The quantitative estimate of drug-likeness (QED) is 0.493. The predicted molar refractivity (Wildman–Crippen MR) is 40.2 cm³/mol. The van der Waals surface area contributed by atoms with E-state index in [1.165, 1.54) is 24.3 Å². The molecular formula is C8H8O4Zn. The second kappa shape index (κ2) is 4.46. The van der Waals surface area contributed by atoms with Crippen LogP contribution in [0.5, 0.6) is 0 Å². The summed E-state index contributed by atoms with van der Waals surface area (Å²) in [5.41, 5.74) is -0.0579. The van der Waals surface area contributed by atoms with Crippen molar-refractivity contribution in [3.8, 4) is 0 Å². The van der Waals surface area contributed by atoms with Gasteiger partial charge in [0, 0.05) is 25.0 Å². The van der Waals surface area contributed by atoms with E-state index in [2.05, 4.69) is 0 Å². The van der Waals surface area contributed by atoms with Crippen molar-refractivity contribution in [3.63, 3.8) is 0 Å². The normalized spacial score (nSPS) is 10.3. The SMILES string of the molecule is O=C(O)C(O)(O)c1ccccc1.[Zn]. The Morgan fingerprint density at radius 1 is 1.15 bits per heavy atom. The van der Waals surface area contributed by atoms with E-state index in [1.807, 2.05) is 0 Å². The molecule has 0 radical (unpaired) electrons. The van der Waals surface area contributed by atoms with Gasteiger partial charge in [-0.1, -0.05) is 30.3 Å². The molecule has 0 spiro atoms. The van der Waals surface area contributed by atoms with Crippen LogP contribution in [0.25, 0.3) is 0 Å². The van der Waals surface area contributed by atoms with Crippen LogP contribution in [0.2, 0.25) is 0 Å². The van der Waals surface area contributed by atoms with E-state index in [0.29, 0.717) is 0 Å². The fraction of sp³-hybridized carbons (Fsp3) is 0.125. The minimum atomic E-state index is -2.79. The van der Waals surface area contributed by atoms with Gasteiger partial charge in [0.15, 0.2) is 0 Å². The third-order valence-corrected chi connectivity index (χ3v) is 1.47. The topological polar surface area (TPSA) is 77.8 Å². The summed E-state index contributed by atoms with van der Waals surface area (Å²) in [6.07, 6.45) is 0. The molecule has 1 rings (SSSR count). The zero-order valence-corrected chi connectivity index (χ0v) is 9.81. The molecule has 0 aliphatic heterocycles. The molecular weight excluding hydrogens is 225 g/mol. The van der Waals surface area contributed by atoms with Gasteiger partial charge in [-0.25, -0.2) is 4.79 Å². The zero-order chi connectivity index (χ0) is 9.19. The van der Waals surface area contributed by atoms with Crippen LogP contribution in [0.3, 0.4) is 0 Å².